The van der Waals surface area contributed by atoms with Crippen LogP contribution in [0.1, 0.15) is 21.5 Å². The molecule has 0 spiro atoms. The second-order valence-electron chi connectivity index (χ2n) is 4.93. The molecule has 0 aliphatic carbocycles. The van der Waals surface area contributed by atoms with Gasteiger partial charge in [0.25, 0.3) is 0 Å². The second kappa shape index (κ2) is 6.17. The first-order chi connectivity index (χ1) is 9.88. The summed E-state index contributed by atoms with van der Waals surface area (Å²) in [6.45, 7) is 3.48. The predicted octanol–water partition coefficient (Wildman–Crippen LogP) is 1.47. The molecule has 2 amide bonds. The van der Waals surface area contributed by atoms with E-state index in [1.165, 1.54) is 22.7 Å². The topological polar surface area (TPSA) is 86.7 Å². The number of carbonyl (C=O) groups is 3. The minimum Gasteiger partial charge on any atom is -0.478 e. The lowest BCUT2D eigenvalue weighted by atomic mass is 10.0. The van der Waals surface area contributed by atoms with E-state index in [1.807, 2.05) is 0 Å². The van der Waals surface area contributed by atoms with Crippen LogP contribution >= 0.6 is 11.8 Å². The molecule has 7 heteroatoms. The SMILES string of the molecule is Cc1cc(C)c(NC(=O)CN2CSCC2=O)c(C(=O)O)c1. The van der Waals surface area contributed by atoms with Crippen molar-refractivity contribution in [3.05, 3.63) is 28.8 Å². The number of amides is 2. The van der Waals surface area contributed by atoms with E-state index in [1.54, 1.807) is 19.9 Å². The van der Waals surface area contributed by atoms with Gasteiger partial charge < -0.3 is 15.3 Å². The molecule has 0 saturated carbocycles. The van der Waals surface area contributed by atoms with Crippen LogP contribution in [0.2, 0.25) is 0 Å². The lowest BCUT2D eigenvalue weighted by Crippen LogP contribution is -2.34. The number of rotatable bonds is 4. The number of nitrogens with zero attached hydrogens (tertiary/aromatic N) is 1. The largest absolute Gasteiger partial charge is 0.478 e. The summed E-state index contributed by atoms with van der Waals surface area (Å²) in [7, 11) is 0. The van der Waals surface area contributed by atoms with E-state index in [2.05, 4.69) is 5.32 Å². The molecule has 6 nitrogen and oxygen atoms in total. The second-order valence-corrected chi connectivity index (χ2v) is 5.88. The van der Waals surface area contributed by atoms with Crippen LogP contribution < -0.4 is 5.32 Å². The molecule has 0 atom stereocenters. The van der Waals surface area contributed by atoms with E-state index in [-0.39, 0.29) is 29.6 Å². The number of carbonyl (C=O) groups excluding carboxylic acids is 2. The third-order valence-corrected chi connectivity index (χ3v) is 4.08. The van der Waals surface area contributed by atoms with E-state index >= 15 is 0 Å². The van der Waals surface area contributed by atoms with Gasteiger partial charge in [0.2, 0.25) is 11.8 Å². The average molecular weight is 308 g/mol. The molecule has 0 radical (unpaired) electrons. The third-order valence-electron chi connectivity index (χ3n) is 3.13. The smallest absolute Gasteiger partial charge is 0.337 e. The summed E-state index contributed by atoms with van der Waals surface area (Å²) in [6, 6.07) is 3.32. The Balaban J connectivity index is 2.17. The monoisotopic (exact) mass is 308 g/mol. The standard InChI is InChI=1S/C14H16N2O4S/c1-8-3-9(2)13(10(4-8)14(19)20)15-11(17)5-16-7-21-6-12(16)18/h3-4H,5-7H2,1-2H3,(H,15,17)(H,19,20). The Morgan fingerprint density at radius 3 is 2.67 bits per heavy atom. The van der Waals surface area contributed by atoms with Crippen LogP contribution in [0.5, 0.6) is 0 Å². The van der Waals surface area contributed by atoms with Gasteiger partial charge in [-0.25, -0.2) is 4.79 Å². The fourth-order valence-electron chi connectivity index (χ4n) is 2.19. The molecule has 0 bridgehead atoms. The zero-order valence-corrected chi connectivity index (χ0v) is 12.6. The van der Waals surface area contributed by atoms with Crippen LogP contribution in [0.4, 0.5) is 5.69 Å². The van der Waals surface area contributed by atoms with E-state index < -0.39 is 5.97 Å². The van der Waals surface area contributed by atoms with Gasteiger partial charge in [0.1, 0.15) is 6.54 Å². The normalized spacial score (nSPS) is 14.4. The molecule has 21 heavy (non-hydrogen) atoms. The number of nitrogens with one attached hydrogen (secondary N) is 1. The highest BCUT2D eigenvalue weighted by molar-refractivity contribution is 8.00. The Hall–Kier alpha value is -2.02. The van der Waals surface area contributed by atoms with Gasteiger partial charge >= 0.3 is 5.97 Å². The summed E-state index contributed by atoms with van der Waals surface area (Å²) in [4.78, 5) is 36.2. The summed E-state index contributed by atoms with van der Waals surface area (Å²) in [5, 5.41) is 11.8. The lowest BCUT2D eigenvalue weighted by molar-refractivity contribution is -0.130. The molecular weight excluding hydrogens is 292 g/mol. The number of hydrogen-bond acceptors (Lipinski definition) is 4. The molecular formula is C14H16N2O4S. The summed E-state index contributed by atoms with van der Waals surface area (Å²) < 4.78 is 0. The van der Waals surface area contributed by atoms with Gasteiger partial charge in [0, 0.05) is 0 Å². The molecule has 1 aromatic rings. The van der Waals surface area contributed by atoms with Gasteiger partial charge in [-0.3, -0.25) is 9.59 Å². The van der Waals surface area contributed by atoms with Gasteiger partial charge in [0.05, 0.1) is 22.9 Å². The molecule has 2 rings (SSSR count). The number of aryl methyl sites for hydroxylation is 2. The Morgan fingerprint density at radius 1 is 1.38 bits per heavy atom. The van der Waals surface area contributed by atoms with Crippen LogP contribution in [0.25, 0.3) is 0 Å². The van der Waals surface area contributed by atoms with Gasteiger partial charge in [0.15, 0.2) is 0 Å². The number of thioether (sulfide) groups is 1. The van der Waals surface area contributed by atoms with E-state index in [0.717, 1.165) is 5.56 Å². The van der Waals surface area contributed by atoms with Crippen molar-refractivity contribution >= 4 is 35.2 Å². The summed E-state index contributed by atoms with van der Waals surface area (Å²) in [5.74, 6) is -0.679. The zero-order valence-electron chi connectivity index (χ0n) is 11.8. The molecule has 0 unspecified atom stereocenters. The van der Waals surface area contributed by atoms with Crippen LogP contribution in [0.15, 0.2) is 12.1 Å². The van der Waals surface area contributed by atoms with Gasteiger partial charge in [-0.1, -0.05) is 6.07 Å². The molecule has 1 aliphatic rings. The van der Waals surface area contributed by atoms with Crippen LogP contribution in [-0.4, -0.2) is 46.0 Å². The molecule has 1 fully saturated rings. The summed E-state index contributed by atoms with van der Waals surface area (Å²) in [5.41, 5.74) is 1.84. The molecule has 1 saturated heterocycles. The number of carboxylic acids is 1. The molecule has 112 valence electrons. The first kappa shape index (κ1) is 15.4. The fourth-order valence-corrected chi connectivity index (χ4v) is 3.10. The van der Waals surface area contributed by atoms with Crippen LogP contribution in [0.3, 0.4) is 0 Å². The minimum absolute atomic E-state index is 0.0573. The summed E-state index contributed by atoms with van der Waals surface area (Å²) in [6.07, 6.45) is 0. The predicted molar refractivity (Wildman–Crippen MR) is 80.5 cm³/mol. The van der Waals surface area contributed by atoms with Crippen molar-refractivity contribution in [3.63, 3.8) is 0 Å². The third kappa shape index (κ3) is 3.55. The number of aromatic carboxylic acids is 1. The van der Waals surface area contributed by atoms with Crippen molar-refractivity contribution in [3.8, 4) is 0 Å². The Labute approximate surface area is 126 Å². The Bertz CT molecular complexity index is 615. The number of benzene rings is 1. The average Bonchev–Trinajstić information content (AvgIpc) is 2.77. The van der Waals surface area contributed by atoms with Gasteiger partial charge in [-0.15, -0.1) is 11.8 Å². The lowest BCUT2D eigenvalue weighted by Gasteiger charge is -2.16. The maximum absolute atomic E-state index is 12.0. The van der Waals surface area contributed by atoms with E-state index in [0.29, 0.717) is 17.2 Å². The minimum atomic E-state index is -1.09. The quantitative estimate of drug-likeness (QED) is 0.879. The van der Waals surface area contributed by atoms with Crippen LogP contribution in [0, 0.1) is 13.8 Å². The first-order valence-corrected chi connectivity index (χ1v) is 7.54. The molecule has 2 N–H and O–H groups in total. The van der Waals surface area contributed by atoms with Crippen molar-refractivity contribution in [2.75, 3.05) is 23.5 Å². The first-order valence-electron chi connectivity index (χ1n) is 6.38. The number of carboxylic acid groups (broad SMARTS) is 1. The van der Waals surface area contributed by atoms with Crippen molar-refractivity contribution < 1.29 is 19.5 Å². The fraction of sp³-hybridized carbons (Fsp3) is 0.357. The highest BCUT2D eigenvalue weighted by Gasteiger charge is 2.24. The number of anilines is 1. The maximum Gasteiger partial charge on any atom is 0.337 e. The molecule has 1 aliphatic heterocycles. The number of hydrogen-bond donors (Lipinski definition) is 2. The summed E-state index contributed by atoms with van der Waals surface area (Å²) >= 11 is 1.45. The van der Waals surface area contributed by atoms with Crippen molar-refractivity contribution in [2.24, 2.45) is 0 Å². The van der Waals surface area contributed by atoms with Gasteiger partial charge in [-0.2, -0.15) is 0 Å². The highest BCUT2D eigenvalue weighted by Crippen LogP contribution is 2.23. The molecule has 1 aromatic carbocycles. The van der Waals surface area contributed by atoms with Crippen molar-refractivity contribution in [1.82, 2.24) is 4.90 Å². The molecule has 1 heterocycles. The van der Waals surface area contributed by atoms with Gasteiger partial charge in [-0.05, 0) is 31.0 Å². The van der Waals surface area contributed by atoms with E-state index in [4.69, 9.17) is 0 Å². The van der Waals surface area contributed by atoms with Crippen molar-refractivity contribution in [1.29, 1.82) is 0 Å². The van der Waals surface area contributed by atoms with Crippen LogP contribution in [-0.2, 0) is 9.59 Å². The molecule has 0 aromatic heterocycles. The highest BCUT2D eigenvalue weighted by atomic mass is 32.2. The zero-order chi connectivity index (χ0) is 15.6. The van der Waals surface area contributed by atoms with Crippen molar-refractivity contribution in [2.45, 2.75) is 13.8 Å². The Morgan fingerprint density at radius 2 is 2.10 bits per heavy atom. The van der Waals surface area contributed by atoms with E-state index in [9.17, 15) is 19.5 Å². The maximum atomic E-state index is 12.0. The Kier molecular flexibility index (Phi) is 4.52.